The van der Waals surface area contributed by atoms with Crippen LogP contribution in [0.15, 0.2) is 22.7 Å². The fourth-order valence-electron chi connectivity index (χ4n) is 5.95. The quantitative estimate of drug-likeness (QED) is 0.442. The number of piperidine rings is 1. The Morgan fingerprint density at radius 2 is 1.71 bits per heavy atom. The van der Waals surface area contributed by atoms with E-state index in [0.717, 1.165) is 62.5 Å². The van der Waals surface area contributed by atoms with Crippen LogP contribution in [0.25, 0.3) is 0 Å². The van der Waals surface area contributed by atoms with Gasteiger partial charge in [-0.15, -0.1) is 0 Å². The number of hydrogen-bond acceptors (Lipinski definition) is 4. The highest BCUT2D eigenvalue weighted by atomic mass is 79.9. The van der Waals surface area contributed by atoms with E-state index in [9.17, 15) is 8.42 Å². The Morgan fingerprint density at radius 3 is 2.38 bits per heavy atom. The van der Waals surface area contributed by atoms with Crippen molar-refractivity contribution in [2.24, 2.45) is 11.8 Å². The van der Waals surface area contributed by atoms with E-state index in [0.29, 0.717) is 13.1 Å². The van der Waals surface area contributed by atoms with Crippen LogP contribution in [-0.2, 0) is 16.6 Å². The molecule has 8 heteroatoms. The van der Waals surface area contributed by atoms with Crippen molar-refractivity contribution in [3.05, 3.63) is 28.2 Å². The van der Waals surface area contributed by atoms with Gasteiger partial charge in [0.2, 0.25) is 0 Å². The average molecular weight is 557 g/mol. The number of rotatable bonds is 10. The molecule has 0 spiro atoms. The molecule has 1 N–H and O–H groups in total. The molecule has 6 nitrogen and oxygen atoms in total. The third-order valence-electron chi connectivity index (χ3n) is 8.12. The molecule has 1 aliphatic carbocycles. The van der Waals surface area contributed by atoms with Gasteiger partial charge in [-0.3, -0.25) is 0 Å². The number of methoxy groups -OCH3 is 1. The monoisotopic (exact) mass is 555 g/mol. The molecule has 1 saturated carbocycles. The molecule has 4 rings (SSSR count). The molecule has 0 amide bonds. The molecule has 0 aromatic heterocycles. The van der Waals surface area contributed by atoms with E-state index in [-0.39, 0.29) is 6.04 Å². The minimum absolute atomic E-state index is 0.130. The lowest BCUT2D eigenvalue weighted by Gasteiger charge is -2.33. The zero-order chi connectivity index (χ0) is 24.0. The zero-order valence-electron chi connectivity index (χ0n) is 20.7. The van der Waals surface area contributed by atoms with Gasteiger partial charge in [-0.2, -0.15) is 17.4 Å². The summed E-state index contributed by atoms with van der Waals surface area (Å²) < 4.78 is 36.2. The Labute approximate surface area is 215 Å². The van der Waals surface area contributed by atoms with Crippen molar-refractivity contribution in [2.45, 2.75) is 76.7 Å². The summed E-state index contributed by atoms with van der Waals surface area (Å²) in [6, 6.07) is 6.41. The van der Waals surface area contributed by atoms with Crippen LogP contribution < -0.4 is 9.46 Å². The number of ether oxygens (including phenoxy) is 1. The van der Waals surface area contributed by atoms with Crippen LogP contribution >= 0.6 is 15.9 Å². The molecule has 2 saturated heterocycles. The second-order valence-corrected chi connectivity index (χ2v) is 13.1. The van der Waals surface area contributed by atoms with Gasteiger partial charge in [0.25, 0.3) is 10.2 Å². The number of benzene rings is 1. The summed E-state index contributed by atoms with van der Waals surface area (Å²) >= 11 is 3.70. The van der Waals surface area contributed by atoms with Crippen LogP contribution in [0.4, 0.5) is 0 Å². The molecule has 3 fully saturated rings. The first kappa shape index (κ1) is 26.4. The molecule has 2 aliphatic heterocycles. The lowest BCUT2D eigenvalue weighted by Crippen LogP contribution is -2.45. The van der Waals surface area contributed by atoms with Crippen molar-refractivity contribution in [2.75, 3.05) is 39.8 Å². The Hall–Kier alpha value is -0.670. The lowest BCUT2D eigenvalue weighted by atomic mass is 9.83. The SMILES string of the molecule is COc1ccc(Br)c(CC2CCN(CCCC3CCC(NS(=O)(=O)N4CCCC4)CC3)CC2)c1. The third-order valence-corrected chi connectivity index (χ3v) is 10.6. The highest BCUT2D eigenvalue weighted by Crippen LogP contribution is 2.31. The molecule has 34 heavy (non-hydrogen) atoms. The summed E-state index contributed by atoms with van der Waals surface area (Å²) in [6.45, 7) is 4.98. The second-order valence-electron chi connectivity index (χ2n) is 10.5. The maximum Gasteiger partial charge on any atom is 0.279 e. The minimum atomic E-state index is -3.27. The minimum Gasteiger partial charge on any atom is -0.497 e. The van der Waals surface area contributed by atoms with E-state index in [1.54, 1.807) is 11.4 Å². The van der Waals surface area contributed by atoms with Gasteiger partial charge in [0.15, 0.2) is 0 Å². The second kappa shape index (κ2) is 12.5. The third kappa shape index (κ3) is 7.42. The topological polar surface area (TPSA) is 61.9 Å². The van der Waals surface area contributed by atoms with Gasteiger partial charge < -0.3 is 9.64 Å². The van der Waals surface area contributed by atoms with Crippen molar-refractivity contribution in [3.8, 4) is 5.75 Å². The van der Waals surface area contributed by atoms with Crippen molar-refractivity contribution in [1.29, 1.82) is 0 Å². The summed E-state index contributed by atoms with van der Waals surface area (Å²) in [4.78, 5) is 2.65. The first-order valence-electron chi connectivity index (χ1n) is 13.2. The molecule has 0 radical (unpaired) electrons. The number of likely N-dealkylation sites (tertiary alicyclic amines) is 1. The van der Waals surface area contributed by atoms with Gasteiger partial charge in [0.1, 0.15) is 5.75 Å². The van der Waals surface area contributed by atoms with Crippen LogP contribution in [0.2, 0.25) is 0 Å². The Bertz CT molecular complexity index is 875. The summed E-state index contributed by atoms with van der Waals surface area (Å²) in [7, 11) is -1.54. The maximum absolute atomic E-state index is 12.5. The predicted molar refractivity (Wildman–Crippen MR) is 141 cm³/mol. The van der Waals surface area contributed by atoms with Crippen molar-refractivity contribution in [1.82, 2.24) is 13.9 Å². The largest absolute Gasteiger partial charge is 0.497 e. The van der Waals surface area contributed by atoms with Gasteiger partial charge in [0, 0.05) is 23.6 Å². The molecule has 1 aromatic rings. The predicted octanol–water partition coefficient (Wildman–Crippen LogP) is 4.98. The maximum atomic E-state index is 12.5. The number of hydrogen-bond donors (Lipinski definition) is 1. The molecular formula is C26H42BrN3O3S. The normalized spacial score (nSPS) is 25.6. The van der Waals surface area contributed by atoms with E-state index >= 15 is 0 Å². The van der Waals surface area contributed by atoms with Gasteiger partial charge in [-0.1, -0.05) is 15.9 Å². The Kier molecular flexibility index (Phi) is 9.73. The lowest BCUT2D eigenvalue weighted by molar-refractivity contribution is 0.174. The number of nitrogens with zero attached hydrogens (tertiary/aromatic N) is 2. The van der Waals surface area contributed by atoms with Crippen LogP contribution in [0.5, 0.6) is 5.75 Å². The highest BCUT2D eigenvalue weighted by molar-refractivity contribution is 9.10. The smallest absolute Gasteiger partial charge is 0.279 e. The van der Waals surface area contributed by atoms with E-state index in [4.69, 9.17) is 4.74 Å². The van der Waals surface area contributed by atoms with Crippen LogP contribution in [0, 0.1) is 11.8 Å². The number of halogens is 1. The molecule has 0 unspecified atom stereocenters. The summed E-state index contributed by atoms with van der Waals surface area (Å²) in [5, 5.41) is 0. The van der Waals surface area contributed by atoms with Crippen LogP contribution in [-0.4, -0.2) is 63.5 Å². The molecule has 2 heterocycles. The van der Waals surface area contributed by atoms with E-state index < -0.39 is 10.2 Å². The highest BCUT2D eigenvalue weighted by Gasteiger charge is 2.30. The Morgan fingerprint density at radius 1 is 1.00 bits per heavy atom. The first-order valence-corrected chi connectivity index (χ1v) is 15.5. The van der Waals surface area contributed by atoms with Gasteiger partial charge in [-0.25, -0.2) is 0 Å². The van der Waals surface area contributed by atoms with Crippen molar-refractivity contribution < 1.29 is 13.2 Å². The standard InChI is InChI=1S/C26H42BrN3O3S/c1-33-25-10-11-26(27)23(20-25)19-22-12-17-29(18-13-22)14-4-5-21-6-8-24(9-7-21)28-34(31,32)30-15-2-3-16-30/h10-11,20-22,24,28H,2-9,12-19H2,1H3. The molecule has 1 aromatic carbocycles. The molecule has 0 bridgehead atoms. The average Bonchev–Trinajstić information content (AvgIpc) is 3.39. The first-order chi connectivity index (χ1) is 16.4. The van der Waals surface area contributed by atoms with Crippen LogP contribution in [0.3, 0.4) is 0 Å². The van der Waals surface area contributed by atoms with Gasteiger partial charge >= 0.3 is 0 Å². The fraction of sp³-hybridized carbons (Fsp3) is 0.769. The van der Waals surface area contributed by atoms with Gasteiger partial charge in [-0.05, 0) is 126 Å². The van der Waals surface area contributed by atoms with Crippen molar-refractivity contribution >= 4 is 26.1 Å². The van der Waals surface area contributed by atoms with E-state index in [2.05, 4.69) is 37.7 Å². The van der Waals surface area contributed by atoms with Crippen LogP contribution in [0.1, 0.15) is 69.8 Å². The fourth-order valence-corrected chi connectivity index (χ4v) is 7.90. The summed E-state index contributed by atoms with van der Waals surface area (Å²) in [6.07, 6.45) is 12.5. The van der Waals surface area contributed by atoms with E-state index in [1.165, 1.54) is 55.4 Å². The van der Waals surface area contributed by atoms with E-state index in [1.807, 2.05) is 6.07 Å². The molecule has 3 aliphatic rings. The summed E-state index contributed by atoms with van der Waals surface area (Å²) in [5.74, 6) is 2.45. The Balaban J connectivity index is 1.10. The molecule has 0 atom stereocenters. The summed E-state index contributed by atoms with van der Waals surface area (Å²) in [5.41, 5.74) is 1.36. The molecule has 192 valence electrons. The molecular weight excluding hydrogens is 514 g/mol. The van der Waals surface area contributed by atoms with Gasteiger partial charge in [0.05, 0.1) is 7.11 Å². The number of nitrogens with one attached hydrogen (secondary N) is 1. The van der Waals surface area contributed by atoms with Crippen molar-refractivity contribution in [3.63, 3.8) is 0 Å². The zero-order valence-corrected chi connectivity index (χ0v) is 23.1.